The molecule has 2 aromatic carbocycles. The number of hydrogen-bond donors (Lipinski definition) is 2. The van der Waals surface area contributed by atoms with Gasteiger partial charge in [-0.05, 0) is 54.7 Å². The Balaban J connectivity index is 0.00000225. The zero-order valence-electron chi connectivity index (χ0n) is 14.3. The van der Waals surface area contributed by atoms with Gasteiger partial charge in [-0.2, -0.15) is 0 Å². The molecule has 0 saturated heterocycles. The van der Waals surface area contributed by atoms with Gasteiger partial charge in [0.05, 0.1) is 13.7 Å². The molecule has 3 rings (SSSR count). The molecule has 0 fully saturated rings. The molecule has 0 amide bonds. The summed E-state index contributed by atoms with van der Waals surface area (Å²) in [5, 5.41) is 3.14. The van der Waals surface area contributed by atoms with Crippen LogP contribution in [0.3, 0.4) is 0 Å². The summed E-state index contributed by atoms with van der Waals surface area (Å²) >= 11 is 0. The van der Waals surface area contributed by atoms with Gasteiger partial charge in [0.25, 0.3) is 0 Å². The van der Waals surface area contributed by atoms with Gasteiger partial charge in [0.15, 0.2) is 5.96 Å². The number of nitrogens with one attached hydrogen (secondary N) is 1. The highest BCUT2D eigenvalue weighted by atomic mass is 127. The van der Waals surface area contributed by atoms with E-state index in [-0.39, 0.29) is 24.0 Å². The number of hydrogen-bond acceptors (Lipinski definition) is 3. The lowest BCUT2D eigenvalue weighted by Gasteiger charge is -2.09. The van der Waals surface area contributed by atoms with Crippen LogP contribution >= 0.6 is 24.0 Å². The third kappa shape index (κ3) is 5.52. The lowest BCUT2D eigenvalue weighted by molar-refractivity contribution is 0.325. The van der Waals surface area contributed by atoms with E-state index in [9.17, 15) is 0 Å². The normalized spacial score (nSPS) is 12.9. The third-order valence-corrected chi connectivity index (χ3v) is 4.05. The fourth-order valence-electron chi connectivity index (χ4n) is 2.86. The van der Waals surface area contributed by atoms with Gasteiger partial charge in [0, 0.05) is 11.8 Å². The van der Waals surface area contributed by atoms with Gasteiger partial charge < -0.3 is 20.5 Å². The molecule has 0 aromatic heterocycles. The molecule has 0 heterocycles. The lowest BCUT2D eigenvalue weighted by Crippen LogP contribution is -2.23. The fourth-order valence-corrected chi connectivity index (χ4v) is 2.86. The summed E-state index contributed by atoms with van der Waals surface area (Å²) in [6.45, 7) is 0.945. The fraction of sp³-hybridized carbons (Fsp3) is 0.316. The highest BCUT2D eigenvalue weighted by molar-refractivity contribution is 14.0. The molecular formula is C19H24IN3O2. The largest absolute Gasteiger partial charge is 0.497 e. The molecule has 0 spiro atoms. The van der Waals surface area contributed by atoms with E-state index in [2.05, 4.69) is 28.5 Å². The van der Waals surface area contributed by atoms with Crippen LogP contribution in [0, 0.1) is 0 Å². The molecule has 25 heavy (non-hydrogen) atoms. The number of aliphatic imine (C=N–C) groups is 1. The first kappa shape index (κ1) is 19.4. The van der Waals surface area contributed by atoms with E-state index in [0.29, 0.717) is 19.1 Å². The Hall–Kier alpha value is -1.96. The van der Waals surface area contributed by atoms with E-state index < -0.39 is 0 Å². The number of aryl methyl sites for hydroxylation is 2. The first-order valence-corrected chi connectivity index (χ1v) is 8.20. The van der Waals surface area contributed by atoms with Gasteiger partial charge in [-0.15, -0.1) is 24.0 Å². The Kier molecular flexibility index (Phi) is 7.36. The van der Waals surface area contributed by atoms with E-state index in [1.54, 1.807) is 7.11 Å². The van der Waals surface area contributed by atoms with E-state index >= 15 is 0 Å². The predicted molar refractivity (Wildman–Crippen MR) is 112 cm³/mol. The van der Waals surface area contributed by atoms with Crippen molar-refractivity contribution < 1.29 is 9.47 Å². The van der Waals surface area contributed by atoms with Crippen molar-refractivity contribution in [3.63, 3.8) is 0 Å². The average molecular weight is 453 g/mol. The molecule has 6 heteroatoms. The first-order valence-electron chi connectivity index (χ1n) is 8.20. The Morgan fingerprint density at radius 1 is 1.12 bits per heavy atom. The zero-order valence-corrected chi connectivity index (χ0v) is 16.7. The highest BCUT2D eigenvalue weighted by Crippen LogP contribution is 2.24. The number of rotatable bonds is 6. The van der Waals surface area contributed by atoms with E-state index in [4.69, 9.17) is 15.2 Å². The SMILES string of the molecule is COc1cccc(OCCN=C(N)Nc2ccc3c(c2)CCC3)c1.I. The Morgan fingerprint density at radius 2 is 1.92 bits per heavy atom. The number of nitrogens with two attached hydrogens (primary N) is 1. The van der Waals surface area contributed by atoms with Crippen molar-refractivity contribution in [2.75, 3.05) is 25.6 Å². The zero-order chi connectivity index (χ0) is 16.8. The number of nitrogens with zero attached hydrogens (tertiary/aromatic N) is 1. The number of fused-ring (bicyclic) bond motifs is 1. The molecular weight excluding hydrogens is 429 g/mol. The van der Waals surface area contributed by atoms with Gasteiger partial charge in [-0.25, -0.2) is 4.99 Å². The summed E-state index contributed by atoms with van der Waals surface area (Å²) in [5.74, 6) is 1.94. The minimum absolute atomic E-state index is 0. The smallest absolute Gasteiger partial charge is 0.193 e. The van der Waals surface area contributed by atoms with Crippen LogP contribution in [0.25, 0.3) is 0 Å². The molecule has 0 saturated carbocycles. The second kappa shape index (κ2) is 9.50. The number of guanidine groups is 1. The molecule has 1 aliphatic rings. The molecule has 5 nitrogen and oxygen atoms in total. The molecule has 0 aliphatic heterocycles. The van der Waals surface area contributed by atoms with Crippen LogP contribution < -0.4 is 20.5 Å². The van der Waals surface area contributed by atoms with Crippen molar-refractivity contribution >= 4 is 35.6 Å². The van der Waals surface area contributed by atoms with Gasteiger partial charge in [-0.3, -0.25) is 0 Å². The molecule has 134 valence electrons. The summed E-state index contributed by atoms with van der Waals surface area (Å²) in [5.41, 5.74) is 9.79. The predicted octanol–water partition coefficient (Wildman–Crippen LogP) is 3.61. The number of halogens is 1. The summed E-state index contributed by atoms with van der Waals surface area (Å²) in [4.78, 5) is 4.30. The van der Waals surface area contributed by atoms with Gasteiger partial charge in [-0.1, -0.05) is 12.1 Å². The van der Waals surface area contributed by atoms with Gasteiger partial charge in [0.2, 0.25) is 0 Å². The standard InChI is InChI=1S/C19H23N3O2.HI/c1-23-17-6-3-7-18(13-17)24-11-10-21-19(20)22-16-9-8-14-4-2-5-15(14)12-16;/h3,6-9,12-13H,2,4-5,10-11H2,1H3,(H3,20,21,22);1H. The van der Waals surface area contributed by atoms with Crippen molar-refractivity contribution in [1.29, 1.82) is 0 Å². The van der Waals surface area contributed by atoms with Crippen LogP contribution in [0.1, 0.15) is 17.5 Å². The topological polar surface area (TPSA) is 68.9 Å². The maximum Gasteiger partial charge on any atom is 0.193 e. The maximum atomic E-state index is 5.94. The summed E-state index contributed by atoms with van der Waals surface area (Å²) in [7, 11) is 1.63. The molecule has 0 unspecified atom stereocenters. The molecule has 3 N–H and O–H groups in total. The third-order valence-electron chi connectivity index (χ3n) is 4.05. The van der Waals surface area contributed by atoms with E-state index in [1.807, 2.05) is 24.3 Å². The van der Waals surface area contributed by atoms with Crippen molar-refractivity contribution in [2.24, 2.45) is 10.7 Å². The molecule has 2 aromatic rings. The summed E-state index contributed by atoms with van der Waals surface area (Å²) in [6.07, 6.45) is 3.57. The summed E-state index contributed by atoms with van der Waals surface area (Å²) in [6, 6.07) is 13.9. The first-order chi connectivity index (χ1) is 11.7. The van der Waals surface area contributed by atoms with Crippen molar-refractivity contribution in [3.05, 3.63) is 53.6 Å². The average Bonchev–Trinajstić information content (AvgIpc) is 3.06. The number of ether oxygens (including phenoxy) is 2. The van der Waals surface area contributed by atoms with Crippen LogP contribution in [0.5, 0.6) is 11.5 Å². The van der Waals surface area contributed by atoms with Crippen LogP contribution in [-0.2, 0) is 12.8 Å². The molecule has 0 radical (unpaired) electrons. The van der Waals surface area contributed by atoms with Crippen molar-refractivity contribution in [2.45, 2.75) is 19.3 Å². The number of anilines is 1. The molecule has 0 atom stereocenters. The van der Waals surface area contributed by atoms with E-state index in [0.717, 1.165) is 23.6 Å². The van der Waals surface area contributed by atoms with Crippen molar-refractivity contribution in [1.82, 2.24) is 0 Å². The van der Waals surface area contributed by atoms with Gasteiger partial charge in [0.1, 0.15) is 18.1 Å². The quantitative estimate of drug-likeness (QED) is 0.304. The van der Waals surface area contributed by atoms with Crippen LogP contribution in [0.2, 0.25) is 0 Å². The Labute approximate surface area is 165 Å². The lowest BCUT2D eigenvalue weighted by atomic mass is 10.1. The summed E-state index contributed by atoms with van der Waals surface area (Å²) < 4.78 is 10.8. The van der Waals surface area contributed by atoms with E-state index in [1.165, 1.54) is 24.0 Å². The Morgan fingerprint density at radius 3 is 2.76 bits per heavy atom. The van der Waals surface area contributed by atoms with Crippen LogP contribution in [0.4, 0.5) is 5.69 Å². The monoisotopic (exact) mass is 453 g/mol. The molecule has 0 bridgehead atoms. The van der Waals surface area contributed by atoms with Crippen LogP contribution in [0.15, 0.2) is 47.5 Å². The second-order valence-corrected chi connectivity index (χ2v) is 5.76. The maximum absolute atomic E-state index is 5.94. The molecule has 1 aliphatic carbocycles. The second-order valence-electron chi connectivity index (χ2n) is 5.76. The number of methoxy groups -OCH3 is 1. The minimum atomic E-state index is 0. The highest BCUT2D eigenvalue weighted by Gasteiger charge is 2.10. The minimum Gasteiger partial charge on any atom is -0.497 e. The van der Waals surface area contributed by atoms with Crippen molar-refractivity contribution in [3.8, 4) is 11.5 Å². The number of benzene rings is 2. The Bertz CT molecular complexity index is 734. The van der Waals surface area contributed by atoms with Crippen LogP contribution in [-0.4, -0.2) is 26.2 Å². The van der Waals surface area contributed by atoms with Gasteiger partial charge >= 0.3 is 0 Å².